The van der Waals surface area contributed by atoms with Gasteiger partial charge in [0.2, 0.25) is 5.91 Å². The first-order valence-corrected chi connectivity index (χ1v) is 8.95. The monoisotopic (exact) mass is 381 g/mol. The zero-order valence-corrected chi connectivity index (χ0v) is 16.1. The fraction of sp³-hybridized carbons (Fsp3) is 0.286. The third-order valence-corrected chi connectivity index (χ3v) is 4.69. The summed E-state index contributed by atoms with van der Waals surface area (Å²) in [4.78, 5) is 38.6. The van der Waals surface area contributed by atoms with E-state index in [2.05, 4.69) is 10.6 Å². The quantitative estimate of drug-likeness (QED) is 0.753. The van der Waals surface area contributed by atoms with Crippen molar-refractivity contribution in [2.45, 2.75) is 25.8 Å². The normalized spacial score (nSPS) is 18.8. The van der Waals surface area contributed by atoms with Crippen LogP contribution in [-0.4, -0.2) is 41.9 Å². The minimum absolute atomic E-state index is 0.261. The van der Waals surface area contributed by atoms with Gasteiger partial charge in [-0.25, -0.2) is 4.79 Å². The SMILES string of the molecule is COc1ccccc1C[C@]1(C)NC(=O)N(CC(=O)Nc2cccc(C)c2)C1=O. The summed E-state index contributed by atoms with van der Waals surface area (Å²) in [5, 5.41) is 5.42. The van der Waals surface area contributed by atoms with E-state index in [1.54, 1.807) is 26.2 Å². The molecule has 146 valence electrons. The molecule has 7 nitrogen and oxygen atoms in total. The number of para-hydroxylation sites is 1. The standard InChI is InChI=1S/C21H23N3O4/c1-14-7-6-9-16(11-14)22-18(25)13-24-19(26)21(2,23-20(24)27)12-15-8-4-5-10-17(15)28-3/h4-11H,12-13H2,1-3H3,(H,22,25)(H,23,27)/t21-/m0/s1. The molecule has 7 heteroatoms. The number of carbonyl (C=O) groups excluding carboxylic acids is 3. The maximum absolute atomic E-state index is 12.9. The fourth-order valence-electron chi connectivity index (χ4n) is 3.31. The molecule has 1 saturated heterocycles. The Hall–Kier alpha value is -3.35. The van der Waals surface area contributed by atoms with E-state index in [1.165, 1.54) is 0 Å². The molecule has 0 aliphatic carbocycles. The van der Waals surface area contributed by atoms with Crippen LogP contribution in [0.4, 0.5) is 10.5 Å². The molecule has 1 atom stereocenters. The molecule has 2 N–H and O–H groups in total. The molecule has 3 rings (SSSR count). The van der Waals surface area contributed by atoms with Crippen LogP contribution in [0.1, 0.15) is 18.1 Å². The highest BCUT2D eigenvalue weighted by Crippen LogP contribution is 2.27. The summed E-state index contributed by atoms with van der Waals surface area (Å²) in [7, 11) is 1.55. The van der Waals surface area contributed by atoms with Crippen LogP contribution in [0.25, 0.3) is 0 Å². The Morgan fingerprint density at radius 1 is 1.18 bits per heavy atom. The van der Waals surface area contributed by atoms with Crippen molar-refractivity contribution in [3.05, 3.63) is 59.7 Å². The van der Waals surface area contributed by atoms with Gasteiger partial charge < -0.3 is 15.4 Å². The molecule has 0 aromatic heterocycles. The van der Waals surface area contributed by atoms with Crippen LogP contribution in [0.2, 0.25) is 0 Å². The van der Waals surface area contributed by atoms with Crippen LogP contribution < -0.4 is 15.4 Å². The summed E-state index contributed by atoms with van der Waals surface area (Å²) < 4.78 is 5.33. The van der Waals surface area contributed by atoms with E-state index in [0.29, 0.717) is 11.4 Å². The van der Waals surface area contributed by atoms with Gasteiger partial charge in [-0.15, -0.1) is 0 Å². The number of rotatable bonds is 6. The first kappa shape index (κ1) is 19.4. The van der Waals surface area contributed by atoms with Crippen LogP contribution in [0.3, 0.4) is 0 Å². The maximum atomic E-state index is 12.9. The highest BCUT2D eigenvalue weighted by molar-refractivity contribution is 6.10. The number of imide groups is 1. The van der Waals surface area contributed by atoms with Crippen LogP contribution >= 0.6 is 0 Å². The summed E-state index contributed by atoms with van der Waals surface area (Å²) in [5.41, 5.74) is 1.27. The van der Waals surface area contributed by atoms with Crippen molar-refractivity contribution in [2.24, 2.45) is 0 Å². The Morgan fingerprint density at radius 2 is 1.93 bits per heavy atom. The van der Waals surface area contributed by atoms with Crippen LogP contribution in [0.5, 0.6) is 5.75 Å². The van der Waals surface area contributed by atoms with Gasteiger partial charge in [0, 0.05) is 12.1 Å². The minimum Gasteiger partial charge on any atom is -0.496 e. The summed E-state index contributed by atoms with van der Waals surface area (Å²) in [6.45, 7) is 3.22. The lowest BCUT2D eigenvalue weighted by atomic mass is 9.92. The lowest BCUT2D eigenvalue weighted by molar-refractivity contribution is -0.133. The number of benzene rings is 2. The van der Waals surface area contributed by atoms with E-state index in [-0.39, 0.29) is 13.0 Å². The van der Waals surface area contributed by atoms with E-state index in [1.807, 2.05) is 43.3 Å². The lowest BCUT2D eigenvalue weighted by Crippen LogP contribution is -2.46. The van der Waals surface area contributed by atoms with E-state index in [0.717, 1.165) is 16.0 Å². The maximum Gasteiger partial charge on any atom is 0.325 e. The number of methoxy groups -OCH3 is 1. The van der Waals surface area contributed by atoms with Gasteiger partial charge in [-0.1, -0.05) is 30.3 Å². The topological polar surface area (TPSA) is 87.7 Å². The van der Waals surface area contributed by atoms with Crippen molar-refractivity contribution in [1.29, 1.82) is 0 Å². The van der Waals surface area contributed by atoms with Gasteiger partial charge in [-0.05, 0) is 43.2 Å². The number of hydrogen-bond acceptors (Lipinski definition) is 4. The van der Waals surface area contributed by atoms with Gasteiger partial charge in [-0.2, -0.15) is 0 Å². The number of nitrogens with one attached hydrogen (secondary N) is 2. The van der Waals surface area contributed by atoms with Crippen molar-refractivity contribution >= 4 is 23.5 Å². The molecule has 2 aromatic carbocycles. The van der Waals surface area contributed by atoms with Crippen LogP contribution in [0.15, 0.2) is 48.5 Å². The Bertz CT molecular complexity index is 927. The number of hydrogen-bond donors (Lipinski definition) is 2. The van der Waals surface area contributed by atoms with Gasteiger partial charge in [0.25, 0.3) is 5.91 Å². The number of anilines is 1. The van der Waals surface area contributed by atoms with Gasteiger partial charge in [0.1, 0.15) is 17.8 Å². The zero-order valence-electron chi connectivity index (χ0n) is 16.1. The van der Waals surface area contributed by atoms with E-state index in [9.17, 15) is 14.4 Å². The molecule has 1 fully saturated rings. The van der Waals surface area contributed by atoms with E-state index < -0.39 is 23.4 Å². The van der Waals surface area contributed by atoms with E-state index >= 15 is 0 Å². The van der Waals surface area contributed by atoms with Crippen molar-refractivity contribution in [2.75, 3.05) is 19.0 Å². The average molecular weight is 381 g/mol. The van der Waals surface area contributed by atoms with Crippen molar-refractivity contribution in [3.63, 3.8) is 0 Å². The molecule has 2 aromatic rings. The van der Waals surface area contributed by atoms with Gasteiger partial charge in [-0.3, -0.25) is 14.5 Å². The number of ether oxygens (including phenoxy) is 1. The van der Waals surface area contributed by atoms with Crippen molar-refractivity contribution < 1.29 is 19.1 Å². The molecule has 1 aliphatic rings. The summed E-state index contributed by atoms with van der Waals surface area (Å²) >= 11 is 0. The molecule has 0 bridgehead atoms. The Balaban J connectivity index is 1.71. The van der Waals surface area contributed by atoms with E-state index in [4.69, 9.17) is 4.74 Å². The molecule has 1 heterocycles. The second-order valence-electron chi connectivity index (χ2n) is 7.06. The molecule has 0 radical (unpaired) electrons. The first-order chi connectivity index (χ1) is 13.3. The summed E-state index contributed by atoms with van der Waals surface area (Å²) in [5.74, 6) is -0.236. The summed E-state index contributed by atoms with van der Waals surface area (Å²) in [6, 6.07) is 14.0. The van der Waals surface area contributed by atoms with Crippen molar-refractivity contribution in [3.8, 4) is 5.75 Å². The van der Waals surface area contributed by atoms with Crippen LogP contribution in [-0.2, 0) is 16.0 Å². The lowest BCUT2D eigenvalue weighted by Gasteiger charge is -2.22. The first-order valence-electron chi connectivity index (χ1n) is 8.95. The highest BCUT2D eigenvalue weighted by atomic mass is 16.5. The molecule has 0 saturated carbocycles. The number of amides is 4. The molecule has 0 spiro atoms. The number of urea groups is 1. The minimum atomic E-state index is -1.14. The highest BCUT2D eigenvalue weighted by Gasteiger charge is 2.48. The van der Waals surface area contributed by atoms with Crippen molar-refractivity contribution in [1.82, 2.24) is 10.2 Å². The second kappa shape index (κ2) is 7.72. The largest absolute Gasteiger partial charge is 0.496 e. The molecule has 1 aliphatic heterocycles. The van der Waals surface area contributed by atoms with Crippen LogP contribution in [0, 0.1) is 6.92 Å². The molecular formula is C21H23N3O4. The molecule has 4 amide bonds. The molecule has 0 unspecified atom stereocenters. The predicted molar refractivity (Wildman–Crippen MR) is 105 cm³/mol. The third kappa shape index (κ3) is 3.98. The number of nitrogens with zero attached hydrogens (tertiary/aromatic N) is 1. The second-order valence-corrected chi connectivity index (χ2v) is 7.06. The molecule has 28 heavy (non-hydrogen) atoms. The third-order valence-electron chi connectivity index (χ3n) is 4.69. The Labute approximate surface area is 163 Å². The number of aryl methyl sites for hydroxylation is 1. The van der Waals surface area contributed by atoms with Gasteiger partial charge in [0.15, 0.2) is 0 Å². The number of carbonyl (C=O) groups is 3. The average Bonchev–Trinajstić information content (AvgIpc) is 2.85. The van der Waals surface area contributed by atoms with Gasteiger partial charge in [0.05, 0.1) is 7.11 Å². The summed E-state index contributed by atoms with van der Waals surface area (Å²) in [6.07, 6.45) is 0.261. The molecular weight excluding hydrogens is 358 g/mol. The van der Waals surface area contributed by atoms with Gasteiger partial charge >= 0.3 is 6.03 Å². The smallest absolute Gasteiger partial charge is 0.325 e. The predicted octanol–water partition coefficient (Wildman–Crippen LogP) is 2.50. The Morgan fingerprint density at radius 3 is 2.64 bits per heavy atom. The fourth-order valence-corrected chi connectivity index (χ4v) is 3.31. The zero-order chi connectivity index (χ0) is 20.3. The Kier molecular flexibility index (Phi) is 5.35.